The number of aromatic amines is 1. The predicted molar refractivity (Wildman–Crippen MR) is 100 cm³/mol. The molecule has 0 saturated carbocycles. The molecule has 0 spiro atoms. The maximum absolute atomic E-state index is 12.1. The SMILES string of the molecule is Cc1c(CN2C[C@H]3CN(CCO)C[C@@]3(C(=O)O)C2)[nH]c2c(Cl)cccc12. The molecular weight excluding hydrogens is 354 g/mol. The van der Waals surface area contributed by atoms with Gasteiger partial charge < -0.3 is 15.2 Å². The first-order chi connectivity index (χ1) is 12.4. The van der Waals surface area contributed by atoms with Gasteiger partial charge in [-0.1, -0.05) is 23.7 Å². The molecule has 4 rings (SSSR count). The summed E-state index contributed by atoms with van der Waals surface area (Å²) in [4.78, 5) is 19.8. The molecule has 6 nitrogen and oxygen atoms in total. The first-order valence-corrected chi connectivity index (χ1v) is 9.37. The number of H-pyrrole nitrogens is 1. The summed E-state index contributed by atoms with van der Waals surface area (Å²) in [6.45, 7) is 5.95. The molecule has 2 aliphatic rings. The first kappa shape index (κ1) is 17.8. The summed E-state index contributed by atoms with van der Waals surface area (Å²) in [5.74, 6) is -0.623. The van der Waals surface area contributed by atoms with Gasteiger partial charge in [-0.05, 0) is 18.6 Å². The van der Waals surface area contributed by atoms with Gasteiger partial charge in [0.2, 0.25) is 0 Å². The lowest BCUT2D eigenvalue weighted by atomic mass is 9.81. The second kappa shape index (κ2) is 6.53. The van der Waals surface area contributed by atoms with Crippen molar-refractivity contribution in [1.29, 1.82) is 0 Å². The highest BCUT2D eigenvalue weighted by molar-refractivity contribution is 6.35. The first-order valence-electron chi connectivity index (χ1n) is 8.99. The van der Waals surface area contributed by atoms with E-state index in [1.807, 2.05) is 12.1 Å². The largest absolute Gasteiger partial charge is 0.481 e. The lowest BCUT2D eigenvalue weighted by Gasteiger charge is -2.25. The smallest absolute Gasteiger partial charge is 0.312 e. The van der Waals surface area contributed by atoms with E-state index in [0.29, 0.717) is 31.2 Å². The number of benzene rings is 1. The van der Waals surface area contributed by atoms with Gasteiger partial charge >= 0.3 is 5.97 Å². The Kier molecular flexibility index (Phi) is 4.47. The van der Waals surface area contributed by atoms with Gasteiger partial charge in [-0.15, -0.1) is 0 Å². The van der Waals surface area contributed by atoms with E-state index in [1.54, 1.807) is 0 Å². The summed E-state index contributed by atoms with van der Waals surface area (Å²) < 4.78 is 0. The Labute approximate surface area is 157 Å². The molecular formula is C19H24ClN3O3. The van der Waals surface area contributed by atoms with Crippen LogP contribution in [0.3, 0.4) is 0 Å². The van der Waals surface area contributed by atoms with E-state index in [2.05, 4.69) is 27.8 Å². The average molecular weight is 378 g/mol. The van der Waals surface area contributed by atoms with Crippen LogP contribution in [-0.4, -0.2) is 70.3 Å². The highest BCUT2D eigenvalue weighted by atomic mass is 35.5. The predicted octanol–water partition coefficient (Wildman–Crippen LogP) is 1.94. The summed E-state index contributed by atoms with van der Waals surface area (Å²) in [6.07, 6.45) is 0. The van der Waals surface area contributed by atoms with Crippen molar-refractivity contribution >= 4 is 28.5 Å². The number of likely N-dealkylation sites (tertiary alicyclic amines) is 2. The Hall–Kier alpha value is -1.60. The standard InChI is InChI=1S/C19H24ClN3O3/c1-12-14-3-2-4-15(20)17(14)21-16(12)9-23-8-13-7-22(5-6-24)10-19(13,11-23)18(25)26/h2-4,13,21,24H,5-11H2,1H3,(H,25,26)/t13-,19-/m1/s1. The third-order valence-corrected chi connectivity index (χ3v) is 6.44. The Balaban J connectivity index is 1.56. The Morgan fingerprint density at radius 2 is 2.08 bits per heavy atom. The fourth-order valence-corrected chi connectivity index (χ4v) is 4.98. The van der Waals surface area contributed by atoms with Crippen LogP contribution >= 0.6 is 11.6 Å². The third kappa shape index (κ3) is 2.72. The molecule has 0 unspecified atom stereocenters. The van der Waals surface area contributed by atoms with Crippen molar-refractivity contribution in [3.05, 3.63) is 34.5 Å². The van der Waals surface area contributed by atoms with Gasteiger partial charge in [0.05, 0.1) is 22.6 Å². The molecule has 7 heteroatoms. The maximum atomic E-state index is 12.1. The van der Waals surface area contributed by atoms with Gasteiger partial charge in [-0.3, -0.25) is 14.6 Å². The minimum absolute atomic E-state index is 0.0706. The van der Waals surface area contributed by atoms with Gasteiger partial charge in [0.25, 0.3) is 0 Å². The second-order valence-corrected chi connectivity index (χ2v) is 8.08. The molecule has 0 amide bonds. The highest BCUT2D eigenvalue weighted by Crippen LogP contribution is 2.43. The number of hydrogen-bond acceptors (Lipinski definition) is 4. The number of aliphatic hydroxyl groups excluding tert-OH is 1. The van der Waals surface area contributed by atoms with Gasteiger partial charge in [0.15, 0.2) is 0 Å². The fraction of sp³-hybridized carbons (Fsp3) is 0.526. The molecule has 26 heavy (non-hydrogen) atoms. The summed E-state index contributed by atoms with van der Waals surface area (Å²) in [7, 11) is 0. The van der Waals surface area contributed by atoms with Crippen LogP contribution in [-0.2, 0) is 11.3 Å². The molecule has 2 atom stereocenters. The van der Waals surface area contributed by atoms with Crippen molar-refractivity contribution in [1.82, 2.24) is 14.8 Å². The molecule has 2 aromatic rings. The summed E-state index contributed by atoms with van der Waals surface area (Å²) in [5.41, 5.74) is 2.49. The number of fused-ring (bicyclic) bond motifs is 2. The van der Waals surface area contributed by atoms with Gasteiger partial charge in [0, 0.05) is 56.3 Å². The molecule has 2 aliphatic heterocycles. The molecule has 3 N–H and O–H groups in total. The number of aryl methyl sites for hydroxylation is 1. The van der Waals surface area contributed by atoms with Crippen LogP contribution in [0.25, 0.3) is 10.9 Å². The molecule has 0 bridgehead atoms. The van der Waals surface area contributed by atoms with E-state index >= 15 is 0 Å². The molecule has 3 heterocycles. The number of β-amino-alcohol motifs (C(OH)–C–C–N with tert-alkyl or cyclic N) is 1. The van der Waals surface area contributed by atoms with E-state index in [9.17, 15) is 9.90 Å². The third-order valence-electron chi connectivity index (χ3n) is 6.12. The fourth-order valence-electron chi connectivity index (χ4n) is 4.76. The number of halogens is 1. The summed E-state index contributed by atoms with van der Waals surface area (Å²) >= 11 is 6.30. The van der Waals surface area contributed by atoms with E-state index in [0.717, 1.165) is 29.7 Å². The number of carboxylic acid groups (broad SMARTS) is 1. The number of aliphatic hydroxyl groups is 1. The van der Waals surface area contributed by atoms with Crippen molar-refractivity contribution in [2.24, 2.45) is 11.3 Å². The summed E-state index contributed by atoms with van der Waals surface area (Å²) in [5, 5.41) is 20.9. The minimum atomic E-state index is -0.729. The van der Waals surface area contributed by atoms with Crippen LogP contribution in [0, 0.1) is 18.3 Å². The zero-order chi connectivity index (χ0) is 18.5. The summed E-state index contributed by atoms with van der Waals surface area (Å²) in [6, 6.07) is 5.88. The molecule has 0 radical (unpaired) electrons. The van der Waals surface area contributed by atoms with E-state index in [1.165, 1.54) is 5.56 Å². The molecule has 2 fully saturated rings. The normalized spacial score (nSPS) is 26.7. The number of carbonyl (C=O) groups is 1. The van der Waals surface area contributed by atoms with Gasteiger partial charge in [-0.2, -0.15) is 0 Å². The van der Waals surface area contributed by atoms with Crippen LogP contribution < -0.4 is 0 Å². The van der Waals surface area contributed by atoms with E-state index < -0.39 is 11.4 Å². The van der Waals surface area contributed by atoms with Gasteiger partial charge in [-0.25, -0.2) is 0 Å². The number of carboxylic acids is 1. The number of nitrogens with zero attached hydrogens (tertiary/aromatic N) is 2. The number of aromatic nitrogens is 1. The molecule has 1 aromatic carbocycles. The van der Waals surface area contributed by atoms with Crippen LogP contribution in [0.2, 0.25) is 5.02 Å². The monoisotopic (exact) mass is 377 g/mol. The van der Waals surface area contributed by atoms with Crippen LogP contribution in [0.15, 0.2) is 18.2 Å². The Morgan fingerprint density at radius 1 is 1.35 bits per heavy atom. The number of hydrogen-bond donors (Lipinski definition) is 3. The molecule has 2 saturated heterocycles. The molecule has 1 aromatic heterocycles. The highest BCUT2D eigenvalue weighted by Gasteiger charge is 2.57. The zero-order valence-corrected chi connectivity index (χ0v) is 15.6. The van der Waals surface area contributed by atoms with Crippen molar-refractivity contribution < 1.29 is 15.0 Å². The number of para-hydroxylation sites is 1. The van der Waals surface area contributed by atoms with Crippen LogP contribution in [0.1, 0.15) is 11.3 Å². The Bertz CT molecular complexity index is 852. The van der Waals surface area contributed by atoms with E-state index in [-0.39, 0.29) is 12.5 Å². The lowest BCUT2D eigenvalue weighted by molar-refractivity contribution is -0.149. The van der Waals surface area contributed by atoms with Crippen molar-refractivity contribution in [2.45, 2.75) is 13.5 Å². The topological polar surface area (TPSA) is 79.8 Å². The van der Waals surface area contributed by atoms with Crippen molar-refractivity contribution in [3.8, 4) is 0 Å². The number of aliphatic carboxylic acids is 1. The average Bonchev–Trinajstić information content (AvgIpc) is 3.20. The number of nitrogens with one attached hydrogen (secondary N) is 1. The maximum Gasteiger partial charge on any atom is 0.312 e. The van der Waals surface area contributed by atoms with Crippen LogP contribution in [0.4, 0.5) is 0 Å². The minimum Gasteiger partial charge on any atom is -0.481 e. The zero-order valence-electron chi connectivity index (χ0n) is 14.8. The quantitative estimate of drug-likeness (QED) is 0.742. The van der Waals surface area contributed by atoms with Crippen LogP contribution in [0.5, 0.6) is 0 Å². The second-order valence-electron chi connectivity index (χ2n) is 7.68. The molecule has 140 valence electrons. The van der Waals surface area contributed by atoms with E-state index in [4.69, 9.17) is 16.7 Å². The lowest BCUT2D eigenvalue weighted by Crippen LogP contribution is -2.41. The van der Waals surface area contributed by atoms with Gasteiger partial charge in [0.1, 0.15) is 0 Å². The Morgan fingerprint density at radius 3 is 2.73 bits per heavy atom. The molecule has 0 aliphatic carbocycles. The number of rotatable bonds is 5. The van der Waals surface area contributed by atoms with Crippen molar-refractivity contribution in [2.75, 3.05) is 39.3 Å². The van der Waals surface area contributed by atoms with Crippen molar-refractivity contribution in [3.63, 3.8) is 0 Å².